The second kappa shape index (κ2) is 6.58. The molecule has 0 saturated heterocycles. The van der Waals surface area contributed by atoms with E-state index < -0.39 is 5.97 Å². The number of hydrogen-bond donors (Lipinski definition) is 2. The molecule has 0 aromatic heterocycles. The van der Waals surface area contributed by atoms with Crippen molar-refractivity contribution in [2.24, 2.45) is 5.92 Å². The predicted molar refractivity (Wildman–Crippen MR) is 68.5 cm³/mol. The fourth-order valence-electron chi connectivity index (χ4n) is 1.89. The minimum atomic E-state index is -0.967. The summed E-state index contributed by atoms with van der Waals surface area (Å²) in [5.41, 5.74) is 0. The monoisotopic (exact) mass is 257 g/mol. The van der Waals surface area contributed by atoms with Crippen LogP contribution in [-0.4, -0.2) is 66.7 Å². The lowest BCUT2D eigenvalue weighted by atomic mass is 10.3. The van der Waals surface area contributed by atoms with Gasteiger partial charge in [-0.2, -0.15) is 0 Å². The van der Waals surface area contributed by atoms with Gasteiger partial charge >= 0.3 is 12.0 Å². The normalized spacial score (nSPS) is 16.4. The fraction of sp³-hybridized carbons (Fsp3) is 0.833. The van der Waals surface area contributed by atoms with Crippen LogP contribution in [0.2, 0.25) is 0 Å². The van der Waals surface area contributed by atoms with E-state index in [0.29, 0.717) is 12.5 Å². The van der Waals surface area contributed by atoms with Gasteiger partial charge in [0, 0.05) is 19.1 Å². The van der Waals surface area contributed by atoms with Crippen LogP contribution in [0, 0.1) is 5.92 Å². The van der Waals surface area contributed by atoms with Crippen molar-refractivity contribution in [1.82, 2.24) is 15.1 Å². The fourth-order valence-corrected chi connectivity index (χ4v) is 1.89. The van der Waals surface area contributed by atoms with Crippen molar-refractivity contribution in [2.45, 2.75) is 25.8 Å². The number of rotatable bonds is 7. The number of likely N-dealkylation sites (N-methyl/N-ethyl adjacent to an activating group) is 1. The van der Waals surface area contributed by atoms with Crippen molar-refractivity contribution in [3.63, 3.8) is 0 Å². The number of amides is 2. The quantitative estimate of drug-likeness (QED) is 0.694. The summed E-state index contributed by atoms with van der Waals surface area (Å²) in [6, 6.07) is -0.276. The first kappa shape index (κ1) is 14.8. The zero-order valence-electron chi connectivity index (χ0n) is 11.3. The van der Waals surface area contributed by atoms with Crippen LogP contribution >= 0.6 is 0 Å². The van der Waals surface area contributed by atoms with E-state index in [2.05, 4.69) is 5.32 Å². The van der Waals surface area contributed by atoms with Crippen LogP contribution < -0.4 is 5.32 Å². The van der Waals surface area contributed by atoms with E-state index in [1.807, 2.05) is 25.9 Å². The van der Waals surface area contributed by atoms with E-state index in [-0.39, 0.29) is 18.6 Å². The van der Waals surface area contributed by atoms with Crippen LogP contribution in [0.3, 0.4) is 0 Å². The highest BCUT2D eigenvalue weighted by atomic mass is 16.4. The summed E-state index contributed by atoms with van der Waals surface area (Å²) in [4.78, 5) is 26.1. The standard InChI is InChI=1S/C12H23N3O3/c1-9(6-14(2)3)13-12(18)15(8-11(16)17)7-10-4-5-10/h9-10H,4-8H2,1-3H3,(H,13,18)(H,16,17). The highest BCUT2D eigenvalue weighted by molar-refractivity contribution is 5.80. The molecular weight excluding hydrogens is 234 g/mol. The summed E-state index contributed by atoms with van der Waals surface area (Å²) in [5.74, 6) is -0.481. The topological polar surface area (TPSA) is 72.9 Å². The number of carboxylic acid groups (broad SMARTS) is 1. The SMILES string of the molecule is CC(CN(C)C)NC(=O)N(CC(=O)O)CC1CC1. The van der Waals surface area contributed by atoms with Crippen molar-refractivity contribution < 1.29 is 14.7 Å². The summed E-state index contributed by atoms with van der Waals surface area (Å²) in [6.07, 6.45) is 2.19. The van der Waals surface area contributed by atoms with Gasteiger partial charge in [-0.15, -0.1) is 0 Å². The van der Waals surface area contributed by atoms with Crippen LogP contribution in [0.4, 0.5) is 4.79 Å². The van der Waals surface area contributed by atoms with E-state index in [0.717, 1.165) is 19.4 Å². The molecule has 1 aliphatic rings. The number of carbonyl (C=O) groups excluding carboxylic acids is 1. The van der Waals surface area contributed by atoms with Gasteiger partial charge in [0.1, 0.15) is 6.54 Å². The molecule has 1 aliphatic carbocycles. The average Bonchev–Trinajstić information content (AvgIpc) is 2.98. The Morgan fingerprint density at radius 1 is 1.39 bits per heavy atom. The van der Waals surface area contributed by atoms with Gasteiger partial charge in [-0.3, -0.25) is 4.79 Å². The van der Waals surface area contributed by atoms with Gasteiger partial charge in [0.05, 0.1) is 0 Å². The molecule has 6 nitrogen and oxygen atoms in total. The van der Waals surface area contributed by atoms with Gasteiger partial charge in [0.15, 0.2) is 0 Å². The van der Waals surface area contributed by atoms with Gasteiger partial charge in [-0.1, -0.05) is 0 Å². The Balaban J connectivity index is 2.44. The molecule has 0 aliphatic heterocycles. The number of nitrogens with one attached hydrogen (secondary N) is 1. The Labute approximate surface area is 108 Å². The lowest BCUT2D eigenvalue weighted by Crippen LogP contribution is -2.49. The molecule has 1 saturated carbocycles. The maximum atomic E-state index is 12.0. The largest absolute Gasteiger partial charge is 0.480 e. The van der Waals surface area contributed by atoms with Crippen LogP contribution in [0.1, 0.15) is 19.8 Å². The average molecular weight is 257 g/mol. The summed E-state index contributed by atoms with van der Waals surface area (Å²) in [5, 5.41) is 11.6. The molecule has 0 heterocycles. The maximum absolute atomic E-state index is 12.0. The number of carbonyl (C=O) groups is 2. The molecule has 0 spiro atoms. The number of carboxylic acids is 1. The van der Waals surface area contributed by atoms with Gasteiger partial charge in [0.2, 0.25) is 0 Å². The Kier molecular flexibility index (Phi) is 5.40. The molecule has 18 heavy (non-hydrogen) atoms. The van der Waals surface area contributed by atoms with Crippen LogP contribution in [0.5, 0.6) is 0 Å². The molecular formula is C12H23N3O3. The molecule has 2 amide bonds. The number of hydrogen-bond acceptors (Lipinski definition) is 3. The molecule has 0 radical (unpaired) electrons. The van der Waals surface area contributed by atoms with Crippen LogP contribution in [-0.2, 0) is 4.79 Å². The van der Waals surface area contributed by atoms with Gasteiger partial charge < -0.3 is 20.2 Å². The summed E-state index contributed by atoms with van der Waals surface area (Å²) >= 11 is 0. The molecule has 0 bridgehead atoms. The van der Waals surface area contributed by atoms with Gasteiger partial charge in [-0.25, -0.2) is 4.79 Å². The van der Waals surface area contributed by atoms with Crippen molar-refractivity contribution in [3.8, 4) is 0 Å². The van der Waals surface area contributed by atoms with Crippen molar-refractivity contribution in [2.75, 3.05) is 33.7 Å². The highest BCUT2D eigenvalue weighted by Gasteiger charge is 2.28. The van der Waals surface area contributed by atoms with E-state index in [1.54, 1.807) is 0 Å². The lowest BCUT2D eigenvalue weighted by Gasteiger charge is -2.25. The molecule has 1 unspecified atom stereocenters. The minimum absolute atomic E-state index is 0.00278. The Bertz CT molecular complexity index is 303. The molecule has 0 aromatic rings. The second-order valence-corrected chi connectivity index (χ2v) is 5.33. The summed E-state index contributed by atoms with van der Waals surface area (Å²) in [6.45, 7) is 2.97. The van der Waals surface area contributed by atoms with E-state index in [9.17, 15) is 9.59 Å². The van der Waals surface area contributed by atoms with E-state index in [4.69, 9.17) is 5.11 Å². The third-order valence-corrected chi connectivity index (χ3v) is 2.80. The minimum Gasteiger partial charge on any atom is -0.480 e. The summed E-state index contributed by atoms with van der Waals surface area (Å²) < 4.78 is 0. The molecule has 1 atom stereocenters. The first-order valence-electron chi connectivity index (χ1n) is 6.30. The van der Waals surface area contributed by atoms with E-state index in [1.165, 1.54) is 4.90 Å². The zero-order valence-corrected chi connectivity index (χ0v) is 11.3. The van der Waals surface area contributed by atoms with E-state index >= 15 is 0 Å². The highest BCUT2D eigenvalue weighted by Crippen LogP contribution is 2.29. The molecule has 1 rings (SSSR count). The van der Waals surface area contributed by atoms with Crippen LogP contribution in [0.25, 0.3) is 0 Å². The predicted octanol–water partition coefficient (Wildman–Crippen LogP) is 0.443. The molecule has 104 valence electrons. The second-order valence-electron chi connectivity index (χ2n) is 5.33. The third kappa shape index (κ3) is 5.86. The Hall–Kier alpha value is -1.30. The molecule has 1 fully saturated rings. The molecule has 2 N–H and O–H groups in total. The Morgan fingerprint density at radius 3 is 2.44 bits per heavy atom. The number of urea groups is 1. The van der Waals surface area contributed by atoms with Gasteiger partial charge in [0.25, 0.3) is 0 Å². The molecule has 6 heteroatoms. The third-order valence-electron chi connectivity index (χ3n) is 2.80. The smallest absolute Gasteiger partial charge is 0.323 e. The zero-order chi connectivity index (χ0) is 13.7. The maximum Gasteiger partial charge on any atom is 0.323 e. The first-order valence-corrected chi connectivity index (χ1v) is 6.30. The van der Waals surface area contributed by atoms with Crippen LogP contribution in [0.15, 0.2) is 0 Å². The lowest BCUT2D eigenvalue weighted by molar-refractivity contribution is -0.137. The Morgan fingerprint density at radius 2 is 2.00 bits per heavy atom. The summed E-state index contributed by atoms with van der Waals surface area (Å²) in [7, 11) is 3.86. The molecule has 0 aromatic carbocycles. The van der Waals surface area contributed by atoms with Crippen molar-refractivity contribution in [3.05, 3.63) is 0 Å². The van der Waals surface area contributed by atoms with Gasteiger partial charge in [-0.05, 0) is 39.8 Å². The van der Waals surface area contributed by atoms with Crippen molar-refractivity contribution >= 4 is 12.0 Å². The number of nitrogens with zero attached hydrogens (tertiary/aromatic N) is 2. The first-order chi connectivity index (χ1) is 8.38. The number of aliphatic carboxylic acids is 1. The van der Waals surface area contributed by atoms with Crippen molar-refractivity contribution in [1.29, 1.82) is 0 Å².